The lowest BCUT2D eigenvalue weighted by Gasteiger charge is -2.02. The lowest BCUT2D eigenvalue weighted by molar-refractivity contribution is 0.393. The Kier molecular flexibility index (Phi) is 2.93. The van der Waals surface area contributed by atoms with Crippen molar-refractivity contribution >= 4 is 27.3 Å². The van der Waals surface area contributed by atoms with E-state index in [4.69, 9.17) is 9.15 Å². The highest BCUT2D eigenvalue weighted by atomic mass is 79.9. The summed E-state index contributed by atoms with van der Waals surface area (Å²) < 4.78 is 11.3. The van der Waals surface area contributed by atoms with Crippen molar-refractivity contribution in [3.8, 4) is 16.4 Å². The number of rotatable bonds is 2. The van der Waals surface area contributed by atoms with Crippen LogP contribution in [0.25, 0.3) is 10.6 Å². The molecule has 3 nitrogen and oxygen atoms in total. The first kappa shape index (κ1) is 10.4. The summed E-state index contributed by atoms with van der Waals surface area (Å²) in [6.07, 6.45) is 1.37. The summed E-state index contributed by atoms with van der Waals surface area (Å²) in [5, 5.41) is 0. The Bertz CT molecular complexity index is 529. The zero-order chi connectivity index (χ0) is 10.8. The van der Waals surface area contributed by atoms with Crippen LogP contribution < -0.4 is 10.2 Å². The van der Waals surface area contributed by atoms with Gasteiger partial charge in [0.05, 0.1) is 22.0 Å². The van der Waals surface area contributed by atoms with Crippen LogP contribution in [0.15, 0.2) is 37.5 Å². The molecule has 0 atom stereocenters. The Morgan fingerprint density at radius 3 is 2.80 bits per heavy atom. The molecule has 15 heavy (non-hydrogen) atoms. The van der Waals surface area contributed by atoms with Crippen molar-refractivity contribution in [1.29, 1.82) is 0 Å². The molecule has 0 aromatic carbocycles. The van der Waals surface area contributed by atoms with Crippen LogP contribution in [0.3, 0.4) is 0 Å². The molecule has 0 spiro atoms. The minimum atomic E-state index is -0.178. The maximum Gasteiger partial charge on any atom is 0.227 e. The van der Waals surface area contributed by atoms with Crippen LogP contribution in [0, 0.1) is 0 Å². The van der Waals surface area contributed by atoms with Crippen LogP contribution in [-0.4, -0.2) is 7.11 Å². The first-order chi connectivity index (χ1) is 7.22. The average molecular weight is 287 g/mol. The highest BCUT2D eigenvalue weighted by molar-refractivity contribution is 9.11. The molecular weight excluding hydrogens is 280 g/mol. The van der Waals surface area contributed by atoms with E-state index in [0.717, 1.165) is 8.66 Å². The van der Waals surface area contributed by atoms with E-state index in [1.54, 1.807) is 0 Å². The summed E-state index contributed by atoms with van der Waals surface area (Å²) in [6.45, 7) is 0. The fraction of sp³-hybridized carbons (Fsp3) is 0.100. The van der Waals surface area contributed by atoms with Crippen molar-refractivity contribution in [3.05, 3.63) is 38.5 Å². The van der Waals surface area contributed by atoms with Gasteiger partial charge in [0.2, 0.25) is 11.2 Å². The van der Waals surface area contributed by atoms with Crippen LogP contribution in [0.1, 0.15) is 0 Å². The largest absolute Gasteiger partial charge is 0.490 e. The lowest BCUT2D eigenvalue weighted by atomic mass is 10.3. The van der Waals surface area contributed by atoms with Crippen LogP contribution in [0.2, 0.25) is 0 Å². The van der Waals surface area contributed by atoms with Crippen molar-refractivity contribution in [3.63, 3.8) is 0 Å². The van der Waals surface area contributed by atoms with E-state index < -0.39 is 0 Å². The molecule has 0 saturated heterocycles. The third-order valence-corrected chi connectivity index (χ3v) is 3.46. The molecule has 5 heteroatoms. The van der Waals surface area contributed by atoms with Crippen molar-refractivity contribution in [2.45, 2.75) is 0 Å². The van der Waals surface area contributed by atoms with Gasteiger partial charge in [0.1, 0.15) is 0 Å². The molecule has 2 rings (SSSR count). The zero-order valence-corrected chi connectivity index (χ0v) is 10.2. The van der Waals surface area contributed by atoms with E-state index in [1.807, 2.05) is 12.1 Å². The summed E-state index contributed by atoms with van der Waals surface area (Å²) in [5.41, 5.74) is -0.178. The Labute approximate surface area is 98.4 Å². The molecule has 0 unspecified atom stereocenters. The van der Waals surface area contributed by atoms with Gasteiger partial charge in [-0.15, -0.1) is 11.3 Å². The molecule has 2 heterocycles. The molecule has 0 bridgehead atoms. The SMILES string of the molecule is COc1c(-c2ccc(Br)s2)occc1=O. The highest BCUT2D eigenvalue weighted by Gasteiger charge is 2.13. The average Bonchev–Trinajstić information content (AvgIpc) is 2.64. The fourth-order valence-corrected chi connectivity index (χ4v) is 2.58. The minimum Gasteiger partial charge on any atom is -0.490 e. The summed E-state index contributed by atoms with van der Waals surface area (Å²) in [4.78, 5) is 12.3. The van der Waals surface area contributed by atoms with Crippen LogP contribution in [-0.2, 0) is 0 Å². The van der Waals surface area contributed by atoms with Gasteiger partial charge in [-0.3, -0.25) is 4.79 Å². The molecule has 0 aliphatic rings. The van der Waals surface area contributed by atoms with Crippen LogP contribution in [0.5, 0.6) is 5.75 Å². The first-order valence-electron chi connectivity index (χ1n) is 4.14. The van der Waals surface area contributed by atoms with Crippen LogP contribution in [0.4, 0.5) is 0 Å². The monoisotopic (exact) mass is 286 g/mol. The van der Waals surface area contributed by atoms with Crippen molar-refractivity contribution < 1.29 is 9.15 Å². The smallest absolute Gasteiger partial charge is 0.227 e. The molecule has 0 radical (unpaired) electrons. The van der Waals surface area contributed by atoms with E-state index in [1.165, 1.54) is 30.8 Å². The van der Waals surface area contributed by atoms with Gasteiger partial charge in [-0.2, -0.15) is 0 Å². The normalized spacial score (nSPS) is 10.3. The number of thiophene rings is 1. The second-order valence-corrected chi connectivity index (χ2v) is 5.21. The first-order valence-corrected chi connectivity index (χ1v) is 5.75. The number of hydrogen-bond donors (Lipinski definition) is 0. The van der Waals surface area contributed by atoms with Gasteiger partial charge < -0.3 is 9.15 Å². The van der Waals surface area contributed by atoms with E-state index in [9.17, 15) is 4.79 Å². The Morgan fingerprint density at radius 1 is 1.40 bits per heavy atom. The molecule has 0 aliphatic carbocycles. The Morgan fingerprint density at radius 2 is 2.20 bits per heavy atom. The molecule has 0 N–H and O–H groups in total. The third-order valence-electron chi connectivity index (χ3n) is 1.84. The topological polar surface area (TPSA) is 39.4 Å². The van der Waals surface area contributed by atoms with Gasteiger partial charge in [-0.05, 0) is 28.1 Å². The number of methoxy groups -OCH3 is 1. The van der Waals surface area contributed by atoms with Crippen molar-refractivity contribution in [2.75, 3.05) is 7.11 Å². The maximum atomic E-state index is 11.5. The summed E-state index contributed by atoms with van der Waals surface area (Å²) in [6, 6.07) is 5.10. The number of halogens is 1. The van der Waals surface area contributed by atoms with Crippen molar-refractivity contribution in [2.24, 2.45) is 0 Å². The third kappa shape index (κ3) is 1.98. The van der Waals surface area contributed by atoms with E-state index in [2.05, 4.69) is 15.9 Å². The molecule has 78 valence electrons. The van der Waals surface area contributed by atoms with Crippen LogP contribution >= 0.6 is 27.3 Å². The van der Waals surface area contributed by atoms with Gasteiger partial charge in [0.25, 0.3) is 0 Å². The number of hydrogen-bond acceptors (Lipinski definition) is 4. The summed E-state index contributed by atoms with van der Waals surface area (Å²) in [5.74, 6) is 0.715. The Hall–Kier alpha value is -1.07. The Balaban J connectivity index is 2.62. The quantitative estimate of drug-likeness (QED) is 0.851. The maximum absolute atomic E-state index is 11.5. The summed E-state index contributed by atoms with van der Waals surface area (Å²) >= 11 is 4.84. The molecule has 0 amide bonds. The van der Waals surface area contributed by atoms with E-state index in [0.29, 0.717) is 5.76 Å². The van der Waals surface area contributed by atoms with Gasteiger partial charge in [-0.1, -0.05) is 0 Å². The molecule has 0 fully saturated rings. The fourth-order valence-electron chi connectivity index (χ4n) is 1.20. The molecule has 0 saturated carbocycles. The standard InChI is InChI=1S/C10H7BrO3S/c1-13-9-6(12)4-5-14-10(9)7-2-3-8(11)15-7/h2-5H,1H3. The van der Waals surface area contributed by atoms with Gasteiger partial charge >= 0.3 is 0 Å². The highest BCUT2D eigenvalue weighted by Crippen LogP contribution is 2.34. The predicted octanol–water partition coefficient (Wildman–Crippen LogP) is 3.14. The van der Waals surface area contributed by atoms with E-state index >= 15 is 0 Å². The zero-order valence-electron chi connectivity index (χ0n) is 7.82. The molecular formula is C10H7BrO3S. The van der Waals surface area contributed by atoms with Gasteiger partial charge in [0, 0.05) is 6.07 Å². The second kappa shape index (κ2) is 4.20. The number of ether oxygens (including phenoxy) is 1. The minimum absolute atomic E-state index is 0.178. The second-order valence-electron chi connectivity index (χ2n) is 2.75. The molecule has 2 aromatic heterocycles. The van der Waals surface area contributed by atoms with E-state index in [-0.39, 0.29) is 11.2 Å². The molecule has 2 aromatic rings. The van der Waals surface area contributed by atoms with Gasteiger partial charge in [-0.25, -0.2) is 0 Å². The summed E-state index contributed by atoms with van der Waals surface area (Å²) in [7, 11) is 1.46. The lowest BCUT2D eigenvalue weighted by Crippen LogP contribution is -2.04. The van der Waals surface area contributed by atoms with Crippen molar-refractivity contribution in [1.82, 2.24) is 0 Å². The molecule has 0 aliphatic heterocycles. The van der Waals surface area contributed by atoms with Gasteiger partial charge in [0.15, 0.2) is 5.76 Å². The predicted molar refractivity (Wildman–Crippen MR) is 62.5 cm³/mol.